The number of H-pyrrole nitrogens is 1. The van der Waals surface area contributed by atoms with Gasteiger partial charge in [0.2, 0.25) is 0 Å². The highest BCUT2D eigenvalue weighted by atomic mass is 32.1. The number of aromatic amines is 1. The Balaban J connectivity index is 1.69. The number of carbonyl (C=O) groups is 2. The van der Waals surface area contributed by atoms with Crippen LogP contribution in [-0.4, -0.2) is 26.9 Å². The molecule has 0 spiro atoms. The average molecular weight is 331 g/mol. The van der Waals surface area contributed by atoms with Crippen LogP contribution in [0.2, 0.25) is 0 Å². The van der Waals surface area contributed by atoms with E-state index >= 15 is 0 Å². The maximum atomic E-state index is 12.0. The van der Waals surface area contributed by atoms with Gasteiger partial charge in [0.15, 0.2) is 11.9 Å². The third kappa shape index (κ3) is 3.21. The summed E-state index contributed by atoms with van der Waals surface area (Å²) in [6, 6.07) is 5.19. The second-order valence-corrected chi connectivity index (χ2v) is 5.78. The molecule has 3 aromatic heterocycles. The van der Waals surface area contributed by atoms with Gasteiger partial charge in [0.05, 0.1) is 4.88 Å². The van der Waals surface area contributed by atoms with Crippen LogP contribution >= 0.6 is 11.3 Å². The van der Waals surface area contributed by atoms with Crippen molar-refractivity contribution in [2.75, 3.05) is 0 Å². The van der Waals surface area contributed by atoms with E-state index in [0.717, 1.165) is 4.88 Å². The van der Waals surface area contributed by atoms with Crippen LogP contribution in [0.5, 0.6) is 0 Å². The maximum absolute atomic E-state index is 12.0. The number of carbonyl (C=O) groups excluding carboxylic acids is 2. The van der Waals surface area contributed by atoms with Crippen LogP contribution < -0.4 is 0 Å². The van der Waals surface area contributed by atoms with Crippen LogP contribution in [0.15, 0.2) is 34.2 Å². The number of hydrogen-bond donors (Lipinski definition) is 1. The van der Waals surface area contributed by atoms with Crippen molar-refractivity contribution in [3.63, 3.8) is 0 Å². The van der Waals surface area contributed by atoms with Crippen molar-refractivity contribution < 1.29 is 18.7 Å². The number of nitrogens with zero attached hydrogens (tertiary/aromatic N) is 2. The molecule has 0 aliphatic heterocycles. The number of ketones is 1. The first-order valence-electron chi connectivity index (χ1n) is 6.82. The number of ether oxygens (including phenoxy) is 1. The Bertz CT molecular complexity index is 835. The number of esters is 1. The number of rotatable bonds is 5. The molecule has 0 aromatic carbocycles. The summed E-state index contributed by atoms with van der Waals surface area (Å²) in [6.45, 7) is 3.06. The van der Waals surface area contributed by atoms with Gasteiger partial charge in [0, 0.05) is 11.8 Å². The van der Waals surface area contributed by atoms with Gasteiger partial charge in [0.25, 0.3) is 11.8 Å². The topological polar surface area (TPSA) is 98.1 Å². The SMILES string of the molecule is CC(=O)c1c[nH]c(C(=O)OC(C)c2nnc(-c3cccs3)o2)c1. The van der Waals surface area contributed by atoms with Gasteiger partial charge < -0.3 is 14.1 Å². The summed E-state index contributed by atoms with van der Waals surface area (Å²) in [7, 11) is 0. The van der Waals surface area contributed by atoms with E-state index in [4.69, 9.17) is 9.15 Å². The average Bonchev–Trinajstić information content (AvgIpc) is 3.26. The fourth-order valence-electron chi connectivity index (χ4n) is 1.89. The Morgan fingerprint density at radius 3 is 2.87 bits per heavy atom. The van der Waals surface area contributed by atoms with Crippen molar-refractivity contribution in [2.45, 2.75) is 20.0 Å². The van der Waals surface area contributed by atoms with Crippen molar-refractivity contribution in [1.29, 1.82) is 0 Å². The van der Waals surface area contributed by atoms with Crippen molar-refractivity contribution >= 4 is 23.1 Å². The second kappa shape index (κ2) is 6.17. The largest absolute Gasteiger partial charge is 0.448 e. The molecule has 0 radical (unpaired) electrons. The van der Waals surface area contributed by atoms with E-state index in [1.54, 1.807) is 6.92 Å². The molecule has 3 rings (SSSR count). The van der Waals surface area contributed by atoms with Gasteiger partial charge in [0.1, 0.15) is 5.69 Å². The molecule has 0 fully saturated rings. The zero-order valence-corrected chi connectivity index (χ0v) is 13.2. The van der Waals surface area contributed by atoms with E-state index in [1.165, 1.54) is 30.5 Å². The Morgan fingerprint density at radius 2 is 2.22 bits per heavy atom. The predicted molar refractivity (Wildman–Crippen MR) is 82.2 cm³/mol. The number of thiophene rings is 1. The highest BCUT2D eigenvalue weighted by Gasteiger charge is 2.21. The first-order valence-corrected chi connectivity index (χ1v) is 7.70. The zero-order chi connectivity index (χ0) is 16.4. The molecule has 0 saturated carbocycles. The van der Waals surface area contributed by atoms with Crippen LogP contribution in [-0.2, 0) is 4.74 Å². The Morgan fingerprint density at radius 1 is 1.39 bits per heavy atom. The summed E-state index contributed by atoms with van der Waals surface area (Å²) < 4.78 is 10.8. The first-order chi connectivity index (χ1) is 11.0. The van der Waals surface area contributed by atoms with Gasteiger partial charge in [-0.15, -0.1) is 21.5 Å². The van der Waals surface area contributed by atoms with Crippen LogP contribution in [0.1, 0.15) is 46.7 Å². The Kier molecular flexibility index (Phi) is 4.07. The normalized spacial score (nSPS) is 12.1. The van der Waals surface area contributed by atoms with E-state index in [1.807, 2.05) is 17.5 Å². The Hall–Kier alpha value is -2.74. The molecular weight excluding hydrogens is 318 g/mol. The molecule has 8 heteroatoms. The van der Waals surface area contributed by atoms with E-state index in [2.05, 4.69) is 15.2 Å². The minimum atomic E-state index is -0.701. The van der Waals surface area contributed by atoms with Crippen molar-refractivity contribution in [2.24, 2.45) is 0 Å². The van der Waals surface area contributed by atoms with Gasteiger partial charge >= 0.3 is 5.97 Å². The maximum Gasteiger partial charge on any atom is 0.355 e. The molecule has 1 unspecified atom stereocenters. The lowest BCUT2D eigenvalue weighted by Gasteiger charge is -2.07. The van der Waals surface area contributed by atoms with Crippen LogP contribution in [0, 0.1) is 0 Å². The second-order valence-electron chi connectivity index (χ2n) is 4.83. The fourth-order valence-corrected chi connectivity index (χ4v) is 2.53. The standard InChI is InChI=1S/C15H13N3O4S/c1-8(19)10-6-11(16-7-10)15(20)21-9(2)13-17-18-14(22-13)12-4-3-5-23-12/h3-7,9,16H,1-2H3. The molecule has 0 aliphatic carbocycles. The minimum absolute atomic E-state index is 0.133. The lowest BCUT2D eigenvalue weighted by molar-refractivity contribution is 0.0274. The highest BCUT2D eigenvalue weighted by molar-refractivity contribution is 7.13. The third-order valence-electron chi connectivity index (χ3n) is 3.11. The van der Waals surface area contributed by atoms with Gasteiger partial charge in [-0.3, -0.25) is 4.79 Å². The molecule has 0 amide bonds. The summed E-state index contributed by atoms with van der Waals surface area (Å²) in [5, 5.41) is 9.74. The predicted octanol–water partition coefficient (Wildman–Crippen LogP) is 3.25. The van der Waals surface area contributed by atoms with Crippen LogP contribution in [0.25, 0.3) is 10.8 Å². The van der Waals surface area contributed by atoms with Crippen molar-refractivity contribution in [3.05, 3.63) is 46.9 Å². The first kappa shape index (κ1) is 15.2. The summed E-state index contributed by atoms with van der Waals surface area (Å²) in [5.41, 5.74) is 0.613. The van der Waals surface area contributed by atoms with Gasteiger partial charge in [-0.1, -0.05) is 6.07 Å². The van der Waals surface area contributed by atoms with E-state index in [9.17, 15) is 9.59 Å². The molecule has 1 N–H and O–H groups in total. The van der Waals surface area contributed by atoms with Gasteiger partial charge in [-0.25, -0.2) is 4.79 Å². The fraction of sp³-hybridized carbons (Fsp3) is 0.200. The summed E-state index contributed by atoms with van der Waals surface area (Å²) in [6.07, 6.45) is 0.762. The number of hydrogen-bond acceptors (Lipinski definition) is 7. The van der Waals surface area contributed by atoms with E-state index in [-0.39, 0.29) is 17.4 Å². The Labute approximate surface area is 135 Å². The number of aromatic nitrogens is 3. The lowest BCUT2D eigenvalue weighted by Crippen LogP contribution is -2.10. The molecule has 1 atom stereocenters. The van der Waals surface area contributed by atoms with Crippen molar-refractivity contribution in [1.82, 2.24) is 15.2 Å². The monoisotopic (exact) mass is 331 g/mol. The third-order valence-corrected chi connectivity index (χ3v) is 3.97. The van der Waals surface area contributed by atoms with Crippen LogP contribution in [0.3, 0.4) is 0 Å². The summed E-state index contributed by atoms with van der Waals surface area (Å²) >= 11 is 1.48. The molecule has 7 nitrogen and oxygen atoms in total. The molecule has 3 heterocycles. The molecule has 118 valence electrons. The van der Waals surface area contributed by atoms with Gasteiger partial charge in [-0.2, -0.15) is 0 Å². The number of nitrogens with one attached hydrogen (secondary N) is 1. The molecule has 3 aromatic rings. The molecular formula is C15H13N3O4S. The molecule has 0 aliphatic rings. The van der Waals surface area contributed by atoms with Crippen molar-refractivity contribution in [3.8, 4) is 10.8 Å². The van der Waals surface area contributed by atoms with E-state index < -0.39 is 12.1 Å². The number of Topliss-reactive ketones (excluding diaryl/α,β-unsaturated/α-hetero) is 1. The molecule has 0 bridgehead atoms. The highest BCUT2D eigenvalue weighted by Crippen LogP contribution is 2.26. The quantitative estimate of drug-likeness (QED) is 0.569. The molecule has 23 heavy (non-hydrogen) atoms. The summed E-state index contributed by atoms with van der Waals surface area (Å²) in [5.74, 6) is -0.136. The van der Waals surface area contributed by atoms with E-state index in [0.29, 0.717) is 11.5 Å². The van der Waals surface area contributed by atoms with Crippen LogP contribution in [0.4, 0.5) is 0 Å². The van der Waals surface area contributed by atoms with Gasteiger partial charge in [-0.05, 0) is 31.4 Å². The molecule has 0 saturated heterocycles. The lowest BCUT2D eigenvalue weighted by atomic mass is 10.2. The minimum Gasteiger partial charge on any atom is -0.448 e. The smallest absolute Gasteiger partial charge is 0.355 e. The zero-order valence-electron chi connectivity index (χ0n) is 12.4. The summed E-state index contributed by atoms with van der Waals surface area (Å²) in [4.78, 5) is 26.8.